The number of aliphatic imine (C=N–C) groups is 1. The lowest BCUT2D eigenvalue weighted by Crippen LogP contribution is -2.23. The van der Waals surface area contributed by atoms with Gasteiger partial charge < -0.3 is 17.9 Å². The van der Waals surface area contributed by atoms with Gasteiger partial charge in [-0.25, -0.2) is 0 Å². The zero-order chi connectivity index (χ0) is 29.9. The Bertz CT molecular complexity index is 1410. The van der Waals surface area contributed by atoms with Crippen molar-refractivity contribution in [1.29, 1.82) is 0 Å². The van der Waals surface area contributed by atoms with Gasteiger partial charge in [-0.15, -0.1) is 0 Å². The van der Waals surface area contributed by atoms with Crippen LogP contribution in [0.25, 0.3) is 21.9 Å². The van der Waals surface area contributed by atoms with Crippen molar-refractivity contribution in [2.24, 2.45) is 16.8 Å². The van der Waals surface area contributed by atoms with Gasteiger partial charge >= 0.3 is 8.24 Å². The van der Waals surface area contributed by atoms with Gasteiger partial charge in [0.15, 0.2) is 0 Å². The molecule has 1 heterocycles. The predicted octanol–water partition coefficient (Wildman–Crippen LogP) is 9.56. The highest BCUT2D eigenvalue weighted by atomic mass is 31.1. The summed E-state index contributed by atoms with van der Waals surface area (Å²) in [6.45, 7) is 17.8. The summed E-state index contributed by atoms with van der Waals surface area (Å²) in [6.07, 6.45) is 11.4. The number of hydrogen-bond donors (Lipinski definition) is 0. The summed E-state index contributed by atoms with van der Waals surface area (Å²) in [5.74, 6) is 2.09. The predicted molar refractivity (Wildman–Crippen MR) is 172 cm³/mol. The van der Waals surface area contributed by atoms with Gasteiger partial charge in [-0.1, -0.05) is 86.1 Å². The van der Waals surface area contributed by atoms with Crippen LogP contribution in [0.1, 0.15) is 72.9 Å². The molecule has 0 amide bonds. The zero-order valence-corrected chi connectivity index (χ0v) is 27.2. The maximum atomic E-state index is 6.73. The van der Waals surface area contributed by atoms with E-state index in [1.165, 1.54) is 0 Å². The van der Waals surface area contributed by atoms with Gasteiger partial charge in [0.25, 0.3) is 0 Å². The molecule has 1 aromatic heterocycles. The minimum absolute atomic E-state index is 0.0183. The Morgan fingerprint density at radius 3 is 1.76 bits per heavy atom. The average molecular weight is 580 g/mol. The molecular weight excluding hydrogens is 533 g/mol. The van der Waals surface area contributed by atoms with E-state index in [0.29, 0.717) is 12.5 Å². The van der Waals surface area contributed by atoms with Crippen molar-refractivity contribution >= 4 is 36.4 Å². The normalized spacial score (nSPS) is 15.8. The van der Waals surface area contributed by atoms with Crippen LogP contribution in [0.15, 0.2) is 62.0 Å². The van der Waals surface area contributed by atoms with Crippen molar-refractivity contribution in [3.8, 4) is 11.5 Å². The molecule has 0 aliphatic heterocycles. The summed E-state index contributed by atoms with van der Waals surface area (Å²) in [7, 11) is 1.59. The van der Waals surface area contributed by atoms with E-state index in [1.807, 2.05) is 18.3 Å². The second-order valence-corrected chi connectivity index (χ2v) is 14.0. The van der Waals surface area contributed by atoms with Gasteiger partial charge in [-0.2, -0.15) is 0 Å². The van der Waals surface area contributed by atoms with Crippen LogP contribution in [0, 0.1) is 11.8 Å². The smallest absolute Gasteiger partial charge is 0.387 e. The molecule has 3 aromatic rings. The fourth-order valence-corrected chi connectivity index (χ4v) is 6.00. The van der Waals surface area contributed by atoms with E-state index in [1.54, 1.807) is 14.2 Å². The summed E-state index contributed by atoms with van der Waals surface area (Å²) in [5, 5.41) is 1.80. The average Bonchev–Trinajstić information content (AvgIpc) is 3.39. The number of benzene rings is 2. The monoisotopic (exact) mass is 579 g/mol. The number of methoxy groups -OCH3 is 2. The van der Waals surface area contributed by atoms with Crippen LogP contribution in [0.3, 0.4) is 0 Å². The molecule has 41 heavy (non-hydrogen) atoms. The maximum absolute atomic E-state index is 6.73. The van der Waals surface area contributed by atoms with Crippen molar-refractivity contribution in [3.05, 3.63) is 59.7 Å². The van der Waals surface area contributed by atoms with E-state index >= 15 is 0 Å². The Labute approximate surface area is 246 Å². The largest absolute Gasteiger partial charge is 0.497 e. The molecule has 2 aromatic carbocycles. The molecule has 0 radical (unpaired) electrons. The molecule has 6 nitrogen and oxygen atoms in total. The summed E-state index contributed by atoms with van der Waals surface area (Å²) < 4.78 is 31.5. The highest BCUT2D eigenvalue weighted by Gasteiger charge is 2.26. The Kier molecular flexibility index (Phi) is 9.45. The van der Waals surface area contributed by atoms with Gasteiger partial charge in [0, 0.05) is 34.0 Å². The molecule has 0 bridgehead atoms. The first-order valence-corrected chi connectivity index (χ1v) is 15.6. The first-order chi connectivity index (χ1) is 19.3. The first kappa shape index (κ1) is 31.0. The summed E-state index contributed by atoms with van der Waals surface area (Å²) in [4.78, 5) is 4.95. The van der Waals surface area contributed by atoms with Gasteiger partial charge in [0.1, 0.15) is 22.7 Å². The Hall–Kier alpha value is -2.95. The van der Waals surface area contributed by atoms with E-state index in [0.717, 1.165) is 51.0 Å². The van der Waals surface area contributed by atoms with Crippen molar-refractivity contribution < 1.29 is 22.4 Å². The number of hydrogen-bond acceptors (Lipinski definition) is 6. The molecule has 0 saturated carbocycles. The van der Waals surface area contributed by atoms with Crippen LogP contribution in [0.5, 0.6) is 11.5 Å². The second kappa shape index (κ2) is 12.5. The summed E-state index contributed by atoms with van der Waals surface area (Å²) >= 11 is 0. The molecule has 4 rings (SSSR count). The van der Waals surface area contributed by atoms with Gasteiger partial charge in [0.05, 0.1) is 26.9 Å². The Balaban J connectivity index is 1.97. The molecule has 222 valence electrons. The fraction of sp³-hybridized carbons (Fsp3) is 0.500. The molecule has 0 fully saturated rings. The van der Waals surface area contributed by atoms with Crippen LogP contribution < -0.4 is 14.0 Å². The molecule has 0 saturated heterocycles. The molecule has 1 aliphatic rings. The fourth-order valence-electron chi connectivity index (χ4n) is 4.89. The molecule has 0 N–H and O–H groups in total. The third-order valence-electron chi connectivity index (χ3n) is 7.71. The third kappa shape index (κ3) is 7.10. The zero-order valence-electron chi connectivity index (χ0n) is 26.3. The number of ether oxygens (including phenoxy) is 2. The van der Waals surface area contributed by atoms with Gasteiger partial charge in [0.2, 0.25) is 0 Å². The van der Waals surface area contributed by atoms with E-state index in [9.17, 15) is 0 Å². The highest BCUT2D eigenvalue weighted by Crippen LogP contribution is 2.44. The number of allylic oxidation sites excluding steroid dienone is 4. The standard InChI is InChI=1S/C34H46NO5P/c1-11-22(2)30(35-20-23-14-12-13-15-23)21-38-41-39-31-26(16-24(36-9)18-28(31)33(3,4)5)27-17-25(37-10)19-29(32(27)40-41)34(6,7)8/h12-20,22-23,30H,11,21H2,1-10H3/t22-,30+/m0/s1. The van der Waals surface area contributed by atoms with E-state index in [2.05, 4.69) is 91.8 Å². The molecule has 2 atom stereocenters. The molecule has 1 aliphatic carbocycles. The summed E-state index contributed by atoms with van der Waals surface area (Å²) in [5.41, 5.74) is 3.11. The number of nitrogens with zero attached hydrogens (tertiary/aromatic N) is 1. The second-order valence-electron chi connectivity index (χ2n) is 12.9. The van der Waals surface area contributed by atoms with Crippen LogP contribution in [0.2, 0.25) is 0 Å². The van der Waals surface area contributed by atoms with E-state index in [-0.39, 0.29) is 22.8 Å². The summed E-state index contributed by atoms with van der Waals surface area (Å²) in [6, 6.07) is 8.13. The van der Waals surface area contributed by atoms with Gasteiger partial charge in [-0.05, 0) is 41.0 Å². The minimum atomic E-state index is -1.79. The van der Waals surface area contributed by atoms with E-state index in [4.69, 9.17) is 27.4 Å². The Morgan fingerprint density at radius 2 is 1.34 bits per heavy atom. The lowest BCUT2D eigenvalue weighted by molar-refractivity contribution is 0.293. The van der Waals surface area contributed by atoms with Crippen molar-refractivity contribution in [1.82, 2.24) is 0 Å². The molecule has 0 spiro atoms. The topological polar surface area (TPSA) is 66.3 Å². The molecule has 0 unspecified atom stereocenters. The lowest BCUT2D eigenvalue weighted by Gasteiger charge is -2.21. The van der Waals surface area contributed by atoms with Crippen LogP contribution in [-0.2, 0) is 10.8 Å². The molecule has 7 heteroatoms. The Morgan fingerprint density at radius 1 is 0.854 bits per heavy atom. The third-order valence-corrected chi connectivity index (χ3v) is 8.74. The number of fused-ring (bicyclic) bond motifs is 3. The van der Waals surface area contributed by atoms with Gasteiger partial charge in [-0.3, -0.25) is 9.52 Å². The van der Waals surface area contributed by atoms with Crippen LogP contribution >= 0.6 is 8.24 Å². The van der Waals surface area contributed by atoms with E-state index < -0.39 is 8.24 Å². The highest BCUT2D eigenvalue weighted by molar-refractivity contribution is 7.31. The lowest BCUT2D eigenvalue weighted by atomic mass is 9.84. The van der Waals surface area contributed by atoms with Crippen LogP contribution in [-0.4, -0.2) is 33.1 Å². The van der Waals surface area contributed by atoms with Crippen molar-refractivity contribution in [3.63, 3.8) is 0 Å². The quantitative estimate of drug-likeness (QED) is 0.236. The number of rotatable bonds is 9. The first-order valence-electron chi connectivity index (χ1n) is 14.5. The maximum Gasteiger partial charge on any atom is 0.387 e. The van der Waals surface area contributed by atoms with Crippen LogP contribution in [0.4, 0.5) is 0 Å². The SMILES string of the molecule is CC[C@H](C)[C@@H](COp1oc2c(C(C)(C)C)cc(OC)cc2c2cc(OC)cc(C(C)(C)C)c2o1)N=CC1C=CC=C1. The van der Waals surface area contributed by atoms with Crippen molar-refractivity contribution in [2.45, 2.75) is 78.7 Å². The molecular formula is C34H46NO5P. The van der Waals surface area contributed by atoms with Crippen molar-refractivity contribution in [2.75, 3.05) is 20.8 Å². The minimum Gasteiger partial charge on any atom is -0.497 e.